The van der Waals surface area contributed by atoms with Crippen molar-refractivity contribution in [1.82, 2.24) is 14.9 Å². The van der Waals surface area contributed by atoms with Gasteiger partial charge in [-0.25, -0.2) is 19.4 Å². The van der Waals surface area contributed by atoms with Gasteiger partial charge in [-0.05, 0) is 53.6 Å². The Morgan fingerprint density at radius 3 is 2.23 bits per heavy atom. The van der Waals surface area contributed by atoms with Crippen molar-refractivity contribution in [2.75, 3.05) is 11.9 Å². The predicted molar refractivity (Wildman–Crippen MR) is 144 cm³/mol. The number of ether oxygens (including phenoxy) is 2. The van der Waals surface area contributed by atoms with Crippen LogP contribution in [0.1, 0.15) is 0 Å². The van der Waals surface area contributed by atoms with Crippen molar-refractivity contribution >= 4 is 34.8 Å². The SMILES string of the molecule is CNC(=O)n1cc(O)c2cc(-c3ccnc(OC(=O)N(C(=O)Oc4ccccc4)c4ccccc4)c3)ccc21. The number of aromatic nitrogens is 2. The van der Waals surface area contributed by atoms with Gasteiger partial charge in [-0.15, -0.1) is 0 Å². The third-order valence-corrected chi connectivity index (χ3v) is 5.80. The number of aromatic hydroxyl groups is 1. The monoisotopic (exact) mass is 522 g/mol. The number of carbonyl (C=O) groups excluding carboxylic acids is 3. The zero-order chi connectivity index (χ0) is 27.4. The van der Waals surface area contributed by atoms with E-state index in [1.54, 1.807) is 84.9 Å². The number of carbonyl (C=O) groups is 3. The molecule has 0 saturated carbocycles. The number of amides is 3. The Morgan fingerprint density at radius 2 is 1.51 bits per heavy atom. The minimum absolute atomic E-state index is 0.0572. The molecule has 0 radical (unpaired) electrons. The Kier molecular flexibility index (Phi) is 6.91. The Labute approximate surface area is 222 Å². The summed E-state index contributed by atoms with van der Waals surface area (Å²) < 4.78 is 12.2. The van der Waals surface area contributed by atoms with E-state index in [0.29, 0.717) is 22.0 Å². The highest BCUT2D eigenvalue weighted by Gasteiger charge is 2.28. The summed E-state index contributed by atoms with van der Waals surface area (Å²) in [6.07, 6.45) is 0.824. The molecule has 0 bridgehead atoms. The fourth-order valence-corrected chi connectivity index (χ4v) is 3.96. The van der Waals surface area contributed by atoms with Crippen molar-refractivity contribution in [2.24, 2.45) is 0 Å². The molecule has 5 rings (SSSR count). The van der Waals surface area contributed by atoms with E-state index in [1.807, 2.05) is 0 Å². The van der Waals surface area contributed by atoms with Crippen molar-refractivity contribution in [3.63, 3.8) is 0 Å². The molecule has 10 heteroatoms. The molecule has 0 unspecified atom stereocenters. The molecule has 5 aromatic rings. The molecule has 39 heavy (non-hydrogen) atoms. The van der Waals surface area contributed by atoms with E-state index in [1.165, 1.54) is 30.1 Å². The van der Waals surface area contributed by atoms with Gasteiger partial charge in [-0.2, -0.15) is 4.90 Å². The average molecular weight is 523 g/mol. The van der Waals surface area contributed by atoms with Gasteiger partial charge in [0, 0.05) is 24.7 Å². The van der Waals surface area contributed by atoms with Crippen LogP contribution in [-0.2, 0) is 0 Å². The van der Waals surface area contributed by atoms with Crippen LogP contribution in [0, 0.1) is 0 Å². The highest BCUT2D eigenvalue weighted by molar-refractivity contribution is 6.10. The Bertz CT molecular complexity index is 1670. The van der Waals surface area contributed by atoms with Crippen LogP contribution in [0.5, 0.6) is 17.4 Å². The zero-order valence-corrected chi connectivity index (χ0v) is 20.6. The lowest BCUT2D eigenvalue weighted by molar-refractivity contribution is 0.190. The second-order valence-corrected chi connectivity index (χ2v) is 8.27. The quantitative estimate of drug-likeness (QED) is 0.306. The number of rotatable bonds is 4. The maximum Gasteiger partial charge on any atom is 0.430 e. The Morgan fingerprint density at radius 1 is 0.846 bits per heavy atom. The van der Waals surface area contributed by atoms with Crippen LogP contribution in [0.3, 0.4) is 0 Å². The Hall–Kier alpha value is -5.64. The van der Waals surface area contributed by atoms with Crippen molar-refractivity contribution in [1.29, 1.82) is 0 Å². The molecule has 0 aliphatic rings. The maximum absolute atomic E-state index is 13.2. The lowest BCUT2D eigenvalue weighted by Gasteiger charge is -2.19. The summed E-state index contributed by atoms with van der Waals surface area (Å²) in [6, 6.07) is 24.6. The lowest BCUT2D eigenvalue weighted by Crippen LogP contribution is -2.41. The second kappa shape index (κ2) is 10.8. The largest absolute Gasteiger partial charge is 0.506 e. The molecule has 2 heterocycles. The second-order valence-electron chi connectivity index (χ2n) is 8.27. The van der Waals surface area contributed by atoms with Crippen LogP contribution >= 0.6 is 0 Å². The number of nitrogens with one attached hydrogen (secondary N) is 1. The van der Waals surface area contributed by atoms with E-state index in [2.05, 4.69) is 10.3 Å². The highest BCUT2D eigenvalue weighted by Crippen LogP contribution is 2.32. The minimum Gasteiger partial charge on any atom is -0.506 e. The molecule has 2 N–H and O–H groups in total. The van der Waals surface area contributed by atoms with Crippen molar-refractivity contribution in [2.45, 2.75) is 0 Å². The van der Waals surface area contributed by atoms with Crippen molar-refractivity contribution in [3.8, 4) is 28.5 Å². The number of imide groups is 1. The van der Waals surface area contributed by atoms with E-state index in [9.17, 15) is 19.5 Å². The summed E-state index contributed by atoms with van der Waals surface area (Å²) in [5.74, 6) is 0.144. The zero-order valence-electron chi connectivity index (χ0n) is 20.6. The number of pyridine rings is 1. The number of benzene rings is 3. The summed E-state index contributed by atoms with van der Waals surface area (Å²) in [4.78, 5) is 43.2. The first-order valence-corrected chi connectivity index (χ1v) is 11.8. The van der Waals surface area contributed by atoms with E-state index in [4.69, 9.17) is 9.47 Å². The molecule has 2 aromatic heterocycles. The van der Waals surface area contributed by atoms with E-state index in [-0.39, 0.29) is 29.1 Å². The molecule has 0 spiro atoms. The number of hydrogen-bond donors (Lipinski definition) is 2. The average Bonchev–Trinajstić information content (AvgIpc) is 3.29. The van der Waals surface area contributed by atoms with Crippen LogP contribution in [0.15, 0.2) is 103 Å². The molecular weight excluding hydrogens is 500 g/mol. The van der Waals surface area contributed by atoms with Crippen LogP contribution in [0.4, 0.5) is 20.1 Å². The third kappa shape index (κ3) is 5.25. The fourth-order valence-electron chi connectivity index (χ4n) is 3.96. The topological polar surface area (TPSA) is 123 Å². The minimum atomic E-state index is -1.01. The molecule has 0 saturated heterocycles. The van der Waals surface area contributed by atoms with Gasteiger partial charge in [0.2, 0.25) is 5.88 Å². The summed E-state index contributed by atoms with van der Waals surface area (Å²) >= 11 is 0. The molecular formula is C29H22N4O6. The van der Waals surface area contributed by atoms with E-state index < -0.39 is 12.2 Å². The first kappa shape index (κ1) is 25.0. The fraction of sp³-hybridized carbons (Fsp3) is 0.0345. The van der Waals surface area contributed by atoms with Gasteiger partial charge in [-0.1, -0.05) is 42.5 Å². The molecule has 0 atom stereocenters. The van der Waals surface area contributed by atoms with Crippen LogP contribution in [0.2, 0.25) is 0 Å². The molecule has 0 fully saturated rings. The van der Waals surface area contributed by atoms with Crippen molar-refractivity contribution in [3.05, 3.63) is 103 Å². The molecule has 0 aliphatic carbocycles. The molecule has 0 aliphatic heterocycles. The summed E-state index contributed by atoms with van der Waals surface area (Å²) in [7, 11) is 1.50. The number of para-hydroxylation sites is 2. The summed E-state index contributed by atoms with van der Waals surface area (Å²) in [5.41, 5.74) is 2.07. The van der Waals surface area contributed by atoms with Gasteiger partial charge >= 0.3 is 18.2 Å². The molecule has 194 valence electrons. The number of anilines is 1. The highest BCUT2D eigenvalue weighted by atomic mass is 16.6. The molecule has 3 amide bonds. The van der Waals surface area contributed by atoms with Crippen LogP contribution < -0.4 is 19.7 Å². The smallest absolute Gasteiger partial charge is 0.430 e. The maximum atomic E-state index is 13.2. The van der Waals surface area contributed by atoms with Crippen molar-refractivity contribution < 1.29 is 29.0 Å². The van der Waals surface area contributed by atoms with E-state index >= 15 is 0 Å². The predicted octanol–water partition coefficient (Wildman–Crippen LogP) is 5.80. The van der Waals surface area contributed by atoms with E-state index in [0.717, 1.165) is 4.90 Å². The van der Waals surface area contributed by atoms with Gasteiger partial charge in [0.1, 0.15) is 11.5 Å². The normalized spacial score (nSPS) is 10.6. The van der Waals surface area contributed by atoms with Crippen LogP contribution in [0.25, 0.3) is 22.0 Å². The lowest BCUT2D eigenvalue weighted by atomic mass is 10.1. The third-order valence-electron chi connectivity index (χ3n) is 5.80. The molecule has 10 nitrogen and oxygen atoms in total. The van der Waals surface area contributed by atoms with Crippen LogP contribution in [-0.4, -0.2) is 39.9 Å². The standard InChI is InChI=1S/C29H22N4O6/c1-30-27(35)32-18-25(34)23-16-19(12-13-24(23)32)20-14-15-31-26(17-20)39-29(37)33(21-8-4-2-5-9-21)28(36)38-22-10-6-3-7-11-22/h2-18,34H,1H3,(H,30,35). The number of nitrogens with zero attached hydrogens (tertiary/aromatic N) is 3. The Balaban J connectivity index is 1.42. The number of fused-ring (bicyclic) bond motifs is 1. The first-order valence-electron chi connectivity index (χ1n) is 11.8. The van der Waals surface area contributed by atoms with Gasteiger partial charge in [0.15, 0.2) is 0 Å². The molecule has 3 aromatic carbocycles. The first-order chi connectivity index (χ1) is 18.9. The van der Waals surface area contributed by atoms with Gasteiger partial charge in [-0.3, -0.25) is 4.57 Å². The van der Waals surface area contributed by atoms with Gasteiger partial charge < -0.3 is 19.9 Å². The summed E-state index contributed by atoms with van der Waals surface area (Å²) in [5, 5.41) is 13.4. The summed E-state index contributed by atoms with van der Waals surface area (Å²) in [6.45, 7) is 0. The van der Waals surface area contributed by atoms with Gasteiger partial charge in [0.25, 0.3) is 0 Å². The van der Waals surface area contributed by atoms with Gasteiger partial charge in [0.05, 0.1) is 17.4 Å². The number of hydrogen-bond acceptors (Lipinski definition) is 7.